The van der Waals surface area contributed by atoms with E-state index in [4.69, 9.17) is 10.5 Å². The third-order valence-corrected chi connectivity index (χ3v) is 5.10. The highest BCUT2D eigenvalue weighted by Crippen LogP contribution is 2.17. The van der Waals surface area contributed by atoms with Crippen LogP contribution in [0.3, 0.4) is 0 Å². The van der Waals surface area contributed by atoms with Crippen LogP contribution in [0.25, 0.3) is 0 Å². The summed E-state index contributed by atoms with van der Waals surface area (Å²) < 4.78 is 18.4. The largest absolute Gasteiger partial charge is 0.454 e. The van der Waals surface area contributed by atoms with Gasteiger partial charge >= 0.3 is 5.97 Å². The number of ether oxygens (including phenoxy) is 1. The van der Waals surface area contributed by atoms with Gasteiger partial charge in [0, 0.05) is 11.4 Å². The summed E-state index contributed by atoms with van der Waals surface area (Å²) in [6.45, 7) is -0.255. The van der Waals surface area contributed by atoms with Gasteiger partial charge in [0.05, 0.1) is 10.4 Å². The fourth-order valence-electron chi connectivity index (χ4n) is 2.76. The Morgan fingerprint density at radius 2 is 1.82 bits per heavy atom. The molecule has 11 heteroatoms. The van der Waals surface area contributed by atoms with Crippen LogP contribution in [0.15, 0.2) is 66.0 Å². The van der Waals surface area contributed by atoms with Crippen molar-refractivity contribution in [1.29, 1.82) is 0 Å². The lowest BCUT2D eigenvalue weighted by atomic mass is 10.2. The van der Waals surface area contributed by atoms with Crippen LogP contribution in [0.4, 0.5) is 27.7 Å². The van der Waals surface area contributed by atoms with Crippen molar-refractivity contribution in [3.05, 3.63) is 88.1 Å². The van der Waals surface area contributed by atoms with Gasteiger partial charge in [0.25, 0.3) is 5.91 Å². The number of nitrogens with one attached hydrogen (secondary N) is 2. The smallest absolute Gasteiger partial charge is 0.338 e. The first kappa shape index (κ1) is 21.8. The predicted molar refractivity (Wildman–Crippen MR) is 122 cm³/mol. The van der Waals surface area contributed by atoms with E-state index in [1.54, 1.807) is 35.7 Å². The van der Waals surface area contributed by atoms with Crippen LogP contribution in [-0.2, 0) is 11.3 Å². The Morgan fingerprint density at radius 1 is 1.00 bits per heavy atom. The number of amides is 1. The molecule has 0 unspecified atom stereocenters. The number of carbonyl (C=O) groups is 2. The molecule has 9 nitrogen and oxygen atoms in total. The molecule has 0 aliphatic carbocycles. The maximum atomic E-state index is 13.1. The Bertz CT molecular complexity index is 1280. The van der Waals surface area contributed by atoms with Crippen LogP contribution in [0, 0.1) is 5.82 Å². The molecule has 0 radical (unpaired) electrons. The fourth-order valence-corrected chi connectivity index (χ4v) is 3.38. The molecule has 0 saturated heterocycles. The van der Waals surface area contributed by atoms with Crippen LogP contribution in [0.5, 0.6) is 0 Å². The van der Waals surface area contributed by atoms with E-state index in [0.717, 1.165) is 0 Å². The number of hydrogen-bond donors (Lipinski definition) is 3. The molecular weight excluding hydrogens is 447 g/mol. The number of esters is 1. The lowest BCUT2D eigenvalue weighted by molar-refractivity contribution is 0.0462. The Balaban J connectivity index is 1.40. The van der Waals surface area contributed by atoms with Crippen molar-refractivity contribution in [2.24, 2.45) is 0 Å². The molecule has 0 fully saturated rings. The second-order valence-electron chi connectivity index (χ2n) is 6.65. The minimum absolute atomic E-state index is 0.0704. The zero-order chi connectivity index (χ0) is 23.2. The number of nitrogens with two attached hydrogens (primary N) is 1. The topological polar surface area (TPSA) is 132 Å². The van der Waals surface area contributed by atoms with Gasteiger partial charge in [-0.3, -0.25) is 4.79 Å². The van der Waals surface area contributed by atoms with Gasteiger partial charge in [-0.1, -0.05) is 12.1 Å². The average Bonchev–Trinajstić information content (AvgIpc) is 3.34. The van der Waals surface area contributed by atoms with Gasteiger partial charge in [-0.15, -0.1) is 11.3 Å². The second kappa shape index (κ2) is 9.83. The molecule has 0 bridgehead atoms. The molecule has 0 spiro atoms. The van der Waals surface area contributed by atoms with Crippen molar-refractivity contribution in [2.45, 2.75) is 6.61 Å². The molecule has 0 atom stereocenters. The lowest BCUT2D eigenvalue weighted by Crippen LogP contribution is -2.12. The normalized spacial score (nSPS) is 10.5. The fraction of sp³-hybridized carbons (Fsp3) is 0.0455. The minimum Gasteiger partial charge on any atom is -0.454 e. The summed E-state index contributed by atoms with van der Waals surface area (Å²) in [4.78, 5) is 37.3. The molecule has 2 aromatic heterocycles. The number of anilines is 4. The predicted octanol–water partition coefficient (Wildman–Crippen LogP) is 4.01. The van der Waals surface area contributed by atoms with E-state index in [2.05, 4.69) is 25.6 Å². The van der Waals surface area contributed by atoms with E-state index in [1.165, 1.54) is 41.7 Å². The number of aromatic nitrogens is 3. The summed E-state index contributed by atoms with van der Waals surface area (Å²) in [6, 6.07) is 15.5. The van der Waals surface area contributed by atoms with Crippen molar-refractivity contribution in [3.63, 3.8) is 0 Å². The number of benzene rings is 2. The lowest BCUT2D eigenvalue weighted by Gasteiger charge is -2.09. The molecule has 0 aliphatic rings. The van der Waals surface area contributed by atoms with Gasteiger partial charge in [-0.25, -0.2) is 9.18 Å². The first-order valence-corrected chi connectivity index (χ1v) is 10.5. The van der Waals surface area contributed by atoms with Crippen molar-refractivity contribution in [3.8, 4) is 0 Å². The molecule has 2 aromatic carbocycles. The number of hydrogen-bond acceptors (Lipinski definition) is 9. The molecule has 4 aromatic rings. The van der Waals surface area contributed by atoms with Crippen LogP contribution >= 0.6 is 11.3 Å². The summed E-state index contributed by atoms with van der Waals surface area (Å²) in [5, 5.41) is 7.42. The highest BCUT2D eigenvalue weighted by molar-refractivity contribution is 7.12. The highest BCUT2D eigenvalue weighted by atomic mass is 32.1. The van der Waals surface area contributed by atoms with E-state index in [1.807, 2.05) is 0 Å². The quantitative estimate of drug-likeness (QED) is 0.350. The standard InChI is InChI=1S/C22H17FN6O3S/c23-14-6-8-15(9-7-14)26-22-28-18(27-21(24)29-22)12-32-20(31)13-3-1-4-16(11-13)25-19(30)17-5-2-10-33-17/h1-11H,12H2,(H,25,30)(H3,24,26,27,28,29). The monoisotopic (exact) mass is 464 g/mol. The first-order valence-electron chi connectivity index (χ1n) is 9.61. The van der Waals surface area contributed by atoms with Gasteiger partial charge < -0.3 is 21.1 Å². The summed E-state index contributed by atoms with van der Waals surface area (Å²) in [7, 11) is 0. The summed E-state index contributed by atoms with van der Waals surface area (Å²) in [5.41, 5.74) is 6.96. The third-order valence-electron chi connectivity index (χ3n) is 4.23. The van der Waals surface area contributed by atoms with E-state index in [0.29, 0.717) is 16.3 Å². The summed E-state index contributed by atoms with van der Waals surface area (Å²) >= 11 is 1.32. The maximum absolute atomic E-state index is 13.1. The van der Waals surface area contributed by atoms with E-state index in [-0.39, 0.29) is 41.6 Å². The second-order valence-corrected chi connectivity index (χ2v) is 7.60. The van der Waals surface area contributed by atoms with Crippen LogP contribution < -0.4 is 16.4 Å². The van der Waals surface area contributed by atoms with Crippen molar-refractivity contribution >= 4 is 46.5 Å². The van der Waals surface area contributed by atoms with Crippen molar-refractivity contribution < 1.29 is 18.7 Å². The molecular formula is C22H17FN6O3S. The number of thiophene rings is 1. The van der Waals surface area contributed by atoms with Crippen LogP contribution in [0.2, 0.25) is 0 Å². The molecule has 0 aliphatic heterocycles. The van der Waals surface area contributed by atoms with E-state index >= 15 is 0 Å². The Kier molecular flexibility index (Phi) is 6.51. The van der Waals surface area contributed by atoms with Crippen molar-refractivity contribution in [2.75, 3.05) is 16.4 Å². The molecule has 0 saturated carbocycles. The number of halogens is 1. The zero-order valence-electron chi connectivity index (χ0n) is 17.0. The molecule has 1 amide bonds. The number of nitrogen functional groups attached to an aromatic ring is 1. The summed E-state index contributed by atoms with van der Waals surface area (Å²) in [5.74, 6) is -1.09. The van der Waals surface area contributed by atoms with Crippen LogP contribution in [0.1, 0.15) is 25.9 Å². The number of nitrogens with zero attached hydrogens (tertiary/aromatic N) is 3. The number of carbonyl (C=O) groups excluding carboxylic acids is 2. The van der Waals surface area contributed by atoms with E-state index < -0.39 is 5.97 Å². The molecule has 4 N–H and O–H groups in total. The SMILES string of the molecule is Nc1nc(COC(=O)c2cccc(NC(=O)c3cccs3)c2)nc(Nc2ccc(F)cc2)n1. The Morgan fingerprint density at radius 3 is 2.58 bits per heavy atom. The highest BCUT2D eigenvalue weighted by Gasteiger charge is 2.13. The molecule has 4 rings (SSSR count). The molecule has 33 heavy (non-hydrogen) atoms. The van der Waals surface area contributed by atoms with Crippen LogP contribution in [-0.4, -0.2) is 26.8 Å². The Hall–Kier alpha value is -4.38. The maximum Gasteiger partial charge on any atom is 0.338 e. The summed E-state index contributed by atoms with van der Waals surface area (Å²) in [6.07, 6.45) is 0. The average molecular weight is 464 g/mol. The van der Waals surface area contributed by atoms with Gasteiger partial charge in [0.1, 0.15) is 5.82 Å². The van der Waals surface area contributed by atoms with Gasteiger partial charge in [-0.2, -0.15) is 15.0 Å². The number of rotatable bonds is 7. The Labute approximate surface area is 191 Å². The first-order chi connectivity index (χ1) is 16.0. The van der Waals surface area contributed by atoms with Gasteiger partial charge in [-0.05, 0) is 53.9 Å². The molecule has 2 heterocycles. The van der Waals surface area contributed by atoms with Gasteiger partial charge in [0.2, 0.25) is 11.9 Å². The minimum atomic E-state index is -0.630. The third kappa shape index (κ3) is 5.86. The van der Waals surface area contributed by atoms with Gasteiger partial charge in [0.15, 0.2) is 12.4 Å². The van der Waals surface area contributed by atoms with Crippen molar-refractivity contribution in [1.82, 2.24) is 15.0 Å². The van der Waals surface area contributed by atoms with E-state index in [9.17, 15) is 14.0 Å². The molecule has 166 valence electrons. The zero-order valence-corrected chi connectivity index (χ0v) is 17.8.